The number of alkyl halides is 3. The van der Waals surface area contributed by atoms with E-state index >= 15 is 0 Å². The Hall–Kier alpha value is -2.08. The quantitative estimate of drug-likeness (QED) is 0.378. The summed E-state index contributed by atoms with van der Waals surface area (Å²) in [6, 6.07) is 2.54. The van der Waals surface area contributed by atoms with Crippen LogP contribution in [0.4, 0.5) is 13.2 Å². The van der Waals surface area contributed by atoms with Crippen LogP contribution in [0.25, 0.3) is 6.08 Å². The van der Waals surface area contributed by atoms with Crippen molar-refractivity contribution < 1.29 is 41.8 Å². The van der Waals surface area contributed by atoms with Gasteiger partial charge in [0.05, 0.1) is 23.8 Å². The molecule has 0 aliphatic carbocycles. The van der Waals surface area contributed by atoms with Gasteiger partial charge in [-0.3, -0.25) is 0 Å². The number of esters is 1. The van der Waals surface area contributed by atoms with Crippen molar-refractivity contribution in [3.63, 3.8) is 0 Å². The van der Waals surface area contributed by atoms with Gasteiger partial charge in [-0.05, 0) is 18.2 Å². The van der Waals surface area contributed by atoms with Crippen LogP contribution in [-0.4, -0.2) is 55.9 Å². The number of halogens is 5. The minimum Gasteiger partial charge on any atom is -0.474 e. The molecule has 4 rings (SSSR count). The van der Waals surface area contributed by atoms with Crippen LogP contribution < -0.4 is 4.74 Å². The molecule has 0 saturated carbocycles. The van der Waals surface area contributed by atoms with E-state index in [1.165, 1.54) is 12.1 Å². The Morgan fingerprint density at radius 1 is 1.13 bits per heavy atom. The lowest BCUT2D eigenvalue weighted by molar-refractivity contribution is -0.189. The Labute approximate surface area is 176 Å². The highest BCUT2D eigenvalue weighted by Crippen LogP contribution is 2.43. The van der Waals surface area contributed by atoms with Crippen LogP contribution in [0.5, 0.6) is 5.75 Å². The number of hydrogen-bond acceptors (Lipinski definition) is 8. The number of hydrogen-bond donors (Lipinski definition) is 0. The largest absolute Gasteiger partial charge is 0.474 e. The first-order valence-electron chi connectivity index (χ1n) is 8.55. The third-order valence-electron chi connectivity index (χ3n) is 4.80. The number of nitrogens with zero attached hydrogens (tertiary/aromatic N) is 1. The zero-order valence-electron chi connectivity index (χ0n) is 14.7. The number of rotatable bonds is 4. The molecule has 1 aromatic rings. The maximum absolute atomic E-state index is 13.6. The zero-order valence-corrected chi connectivity index (χ0v) is 16.2. The van der Waals surface area contributed by atoms with Gasteiger partial charge < -0.3 is 23.8 Å². The van der Waals surface area contributed by atoms with Crippen molar-refractivity contribution >= 4 is 35.2 Å². The molecule has 0 amide bonds. The molecular formula is C17H12Cl2F3NO7. The van der Waals surface area contributed by atoms with Crippen molar-refractivity contribution in [1.29, 1.82) is 0 Å². The summed E-state index contributed by atoms with van der Waals surface area (Å²) in [6.07, 6.45) is -9.90. The predicted molar refractivity (Wildman–Crippen MR) is 94.9 cm³/mol. The zero-order chi connectivity index (χ0) is 21.6. The van der Waals surface area contributed by atoms with Gasteiger partial charge >= 0.3 is 12.1 Å². The molecule has 3 heterocycles. The number of benzene rings is 1. The van der Waals surface area contributed by atoms with E-state index in [0.717, 1.165) is 6.08 Å². The number of fused-ring (bicyclic) bond motifs is 2. The van der Waals surface area contributed by atoms with Crippen molar-refractivity contribution in [1.82, 2.24) is 0 Å². The van der Waals surface area contributed by atoms with E-state index in [0.29, 0.717) is 0 Å². The second kappa shape index (κ2) is 7.88. The Bertz CT molecular complexity index is 910. The molecule has 0 bridgehead atoms. The highest BCUT2D eigenvalue weighted by atomic mass is 35.5. The van der Waals surface area contributed by atoms with Gasteiger partial charge in [-0.25, -0.2) is 4.79 Å². The van der Waals surface area contributed by atoms with Gasteiger partial charge in [0.1, 0.15) is 18.0 Å². The molecule has 0 radical (unpaired) electrons. The van der Waals surface area contributed by atoms with Gasteiger partial charge in [0, 0.05) is 10.6 Å². The average molecular weight is 470 g/mol. The van der Waals surface area contributed by atoms with Gasteiger partial charge in [-0.15, -0.1) is 4.91 Å². The summed E-state index contributed by atoms with van der Waals surface area (Å²) in [5.74, 6) is -1.51. The smallest absolute Gasteiger partial charge is 0.430 e. The Morgan fingerprint density at radius 3 is 2.47 bits per heavy atom. The summed E-state index contributed by atoms with van der Waals surface area (Å²) in [6.45, 7) is -0.199. The first kappa shape index (κ1) is 21.2. The standard InChI is InChI=1S/C17H12Cl2F3NO7/c18-7-1-6-2-8(15(17(20,21)22)29-12(6)9(19)3-7)16(24)28-10-4-26-14-11(30-23-25)5-27-13(10)14/h1-3,10-11,13-15H,4-5H2/t10-,11+,13+,14+,15-/m0/s1. The molecule has 0 unspecified atom stereocenters. The molecule has 162 valence electrons. The lowest BCUT2D eigenvalue weighted by atomic mass is 10.0. The summed E-state index contributed by atoms with van der Waals surface area (Å²) < 4.78 is 61.7. The topological polar surface area (TPSA) is 92.7 Å². The van der Waals surface area contributed by atoms with Gasteiger partial charge in [-0.1, -0.05) is 23.2 Å². The maximum Gasteiger partial charge on any atom is 0.430 e. The maximum atomic E-state index is 13.6. The van der Waals surface area contributed by atoms with Gasteiger partial charge in [0.25, 0.3) is 0 Å². The molecule has 5 atom stereocenters. The summed E-state index contributed by atoms with van der Waals surface area (Å²) in [7, 11) is 0. The van der Waals surface area contributed by atoms with Crippen LogP contribution in [0.3, 0.4) is 0 Å². The third-order valence-corrected chi connectivity index (χ3v) is 5.30. The van der Waals surface area contributed by atoms with Crippen LogP contribution in [0.15, 0.2) is 23.0 Å². The number of carbonyl (C=O) groups is 1. The molecule has 2 saturated heterocycles. The normalized spacial score (nSPS) is 30.0. The summed E-state index contributed by atoms with van der Waals surface area (Å²) in [5, 5.41) is 2.34. The highest BCUT2D eigenvalue weighted by Gasteiger charge is 2.53. The molecule has 2 fully saturated rings. The Kier molecular flexibility index (Phi) is 5.56. The lowest BCUT2D eigenvalue weighted by Gasteiger charge is -2.29. The first-order valence-corrected chi connectivity index (χ1v) is 9.31. The molecule has 3 aliphatic rings. The number of ether oxygens (including phenoxy) is 4. The fraction of sp³-hybridized carbons (Fsp3) is 0.471. The van der Waals surface area contributed by atoms with Crippen molar-refractivity contribution in [2.45, 2.75) is 36.7 Å². The SMILES string of the molecule is O=NO[C@@H]1CO[C@H]2[C@@H]1OC[C@@H]2OC(=O)C1=Cc2cc(Cl)cc(Cl)c2O[C@@H]1C(F)(F)F. The molecular weight excluding hydrogens is 458 g/mol. The molecule has 0 aromatic heterocycles. The molecule has 0 spiro atoms. The summed E-state index contributed by atoms with van der Waals surface area (Å²) in [4.78, 5) is 27.5. The van der Waals surface area contributed by atoms with E-state index in [1.807, 2.05) is 0 Å². The Balaban J connectivity index is 1.58. The van der Waals surface area contributed by atoms with Crippen molar-refractivity contribution in [3.8, 4) is 5.75 Å². The van der Waals surface area contributed by atoms with Crippen LogP contribution >= 0.6 is 23.2 Å². The first-order chi connectivity index (χ1) is 14.2. The Morgan fingerprint density at radius 2 is 1.80 bits per heavy atom. The molecule has 8 nitrogen and oxygen atoms in total. The van der Waals surface area contributed by atoms with E-state index < -0.39 is 48.2 Å². The monoisotopic (exact) mass is 469 g/mol. The molecule has 1 aromatic carbocycles. The minimum absolute atomic E-state index is 0.0452. The van der Waals surface area contributed by atoms with E-state index in [2.05, 4.69) is 10.2 Å². The van der Waals surface area contributed by atoms with Crippen LogP contribution in [0.1, 0.15) is 5.56 Å². The van der Waals surface area contributed by atoms with Gasteiger partial charge in [0.15, 0.2) is 17.5 Å². The van der Waals surface area contributed by atoms with Crippen molar-refractivity contribution in [2.24, 2.45) is 5.34 Å². The average Bonchev–Trinajstić information content (AvgIpc) is 3.24. The second-order valence-corrected chi connectivity index (χ2v) is 7.55. The molecule has 0 N–H and O–H groups in total. The van der Waals surface area contributed by atoms with Crippen LogP contribution in [0.2, 0.25) is 10.0 Å². The van der Waals surface area contributed by atoms with Gasteiger partial charge in [0.2, 0.25) is 6.10 Å². The van der Waals surface area contributed by atoms with Gasteiger partial charge in [-0.2, -0.15) is 13.2 Å². The fourth-order valence-electron chi connectivity index (χ4n) is 3.53. The lowest BCUT2D eigenvalue weighted by Crippen LogP contribution is -2.42. The highest BCUT2D eigenvalue weighted by molar-refractivity contribution is 6.36. The predicted octanol–water partition coefficient (Wildman–Crippen LogP) is 3.48. The minimum atomic E-state index is -4.92. The fourth-order valence-corrected chi connectivity index (χ4v) is 4.08. The van der Waals surface area contributed by atoms with E-state index in [-0.39, 0.29) is 34.6 Å². The molecule has 3 aliphatic heterocycles. The summed E-state index contributed by atoms with van der Waals surface area (Å²) >= 11 is 11.8. The molecule has 30 heavy (non-hydrogen) atoms. The third kappa shape index (κ3) is 3.82. The van der Waals surface area contributed by atoms with Crippen LogP contribution in [0, 0.1) is 4.91 Å². The van der Waals surface area contributed by atoms with E-state index in [1.54, 1.807) is 0 Å². The van der Waals surface area contributed by atoms with E-state index in [9.17, 15) is 22.9 Å². The summed E-state index contributed by atoms with van der Waals surface area (Å²) in [5.41, 5.74) is -0.680. The van der Waals surface area contributed by atoms with Crippen molar-refractivity contribution in [3.05, 3.63) is 38.2 Å². The van der Waals surface area contributed by atoms with Crippen molar-refractivity contribution in [2.75, 3.05) is 13.2 Å². The van der Waals surface area contributed by atoms with Crippen LogP contribution in [-0.2, 0) is 23.8 Å². The number of carbonyl (C=O) groups excluding carboxylic acids is 1. The second-order valence-electron chi connectivity index (χ2n) is 6.70. The molecule has 13 heteroatoms. The van der Waals surface area contributed by atoms with E-state index in [4.69, 9.17) is 42.1 Å².